The maximum atomic E-state index is 12.7. The minimum Gasteiger partial charge on any atom is -0.462 e. The van der Waals surface area contributed by atoms with Crippen LogP contribution in [0.3, 0.4) is 0 Å². The Hall–Kier alpha value is -1.45. The Morgan fingerprint density at radius 2 is 1.96 bits per heavy atom. The van der Waals surface area contributed by atoms with E-state index >= 15 is 0 Å². The second kappa shape index (κ2) is 5.53. The highest BCUT2D eigenvalue weighted by Gasteiger charge is 2.61. The van der Waals surface area contributed by atoms with Crippen molar-refractivity contribution in [3.63, 3.8) is 0 Å². The maximum Gasteiger partial charge on any atom is 0.302 e. The van der Waals surface area contributed by atoms with E-state index in [9.17, 15) is 14.4 Å². The summed E-state index contributed by atoms with van der Waals surface area (Å²) in [7, 11) is 0. The molecule has 24 heavy (non-hydrogen) atoms. The molecule has 0 spiro atoms. The molecule has 0 unspecified atom stereocenters. The van der Waals surface area contributed by atoms with Gasteiger partial charge in [-0.2, -0.15) is 0 Å². The Balaban J connectivity index is 1.66. The van der Waals surface area contributed by atoms with E-state index in [0.29, 0.717) is 30.6 Å². The molecule has 0 aromatic heterocycles. The van der Waals surface area contributed by atoms with Crippen LogP contribution in [0.1, 0.15) is 58.8 Å². The second-order valence-electron chi connectivity index (χ2n) is 8.45. The van der Waals surface area contributed by atoms with Gasteiger partial charge in [0.15, 0.2) is 5.78 Å². The summed E-state index contributed by atoms with van der Waals surface area (Å²) in [5.74, 6) is 1.91. The standard InChI is InChI=1S/C20H26O4/c1-11(21)24-17-10-18(23)20(2)8-7-15-14-6-4-13(22)9-12(14)3-5-16(15)19(17)20/h9,14-17,19H,3-8,10H2,1-2H3/t14-,15+,16+,17-,19+,20+/m0/s1. The van der Waals surface area contributed by atoms with E-state index in [4.69, 9.17) is 4.74 Å². The van der Waals surface area contributed by atoms with Gasteiger partial charge in [0, 0.05) is 31.1 Å². The van der Waals surface area contributed by atoms with Crippen molar-refractivity contribution in [3.05, 3.63) is 11.6 Å². The Morgan fingerprint density at radius 1 is 1.17 bits per heavy atom. The van der Waals surface area contributed by atoms with Crippen LogP contribution in [0.4, 0.5) is 0 Å². The van der Waals surface area contributed by atoms with E-state index in [1.165, 1.54) is 12.5 Å². The minimum atomic E-state index is -0.326. The van der Waals surface area contributed by atoms with Gasteiger partial charge in [0.05, 0.1) is 0 Å². The molecule has 0 N–H and O–H groups in total. The first-order valence-corrected chi connectivity index (χ1v) is 9.34. The summed E-state index contributed by atoms with van der Waals surface area (Å²) < 4.78 is 5.59. The van der Waals surface area contributed by atoms with E-state index in [1.54, 1.807) is 0 Å². The molecule has 130 valence electrons. The minimum absolute atomic E-state index is 0.159. The number of carbonyl (C=O) groups is 3. The molecule has 3 saturated carbocycles. The summed E-state index contributed by atoms with van der Waals surface area (Å²) in [6, 6.07) is 0. The van der Waals surface area contributed by atoms with Gasteiger partial charge < -0.3 is 4.74 Å². The first-order valence-electron chi connectivity index (χ1n) is 9.34. The lowest BCUT2D eigenvalue weighted by atomic mass is 9.52. The number of carbonyl (C=O) groups excluding carboxylic acids is 3. The van der Waals surface area contributed by atoms with Gasteiger partial charge in [-0.05, 0) is 55.9 Å². The molecule has 0 aliphatic heterocycles. The van der Waals surface area contributed by atoms with E-state index < -0.39 is 0 Å². The van der Waals surface area contributed by atoms with Crippen molar-refractivity contribution in [2.75, 3.05) is 0 Å². The zero-order valence-corrected chi connectivity index (χ0v) is 14.5. The molecule has 4 nitrogen and oxygen atoms in total. The van der Waals surface area contributed by atoms with Gasteiger partial charge >= 0.3 is 5.97 Å². The average Bonchev–Trinajstić information content (AvgIpc) is 2.77. The Morgan fingerprint density at radius 3 is 2.71 bits per heavy atom. The normalized spacial score (nSPS) is 44.2. The lowest BCUT2D eigenvalue weighted by Crippen LogP contribution is -2.49. The van der Waals surface area contributed by atoms with E-state index in [1.807, 2.05) is 6.08 Å². The molecule has 0 radical (unpaired) electrons. The number of Topliss-reactive ketones (excluding diaryl/α,β-unsaturated/α-hetero) is 1. The molecule has 0 saturated heterocycles. The third-order valence-electron chi connectivity index (χ3n) is 7.29. The van der Waals surface area contributed by atoms with Gasteiger partial charge in [-0.15, -0.1) is 0 Å². The summed E-state index contributed by atoms with van der Waals surface area (Å²) in [5, 5.41) is 0. The summed E-state index contributed by atoms with van der Waals surface area (Å²) in [5.41, 5.74) is 1.01. The van der Waals surface area contributed by atoms with Gasteiger partial charge in [0.2, 0.25) is 0 Å². The van der Waals surface area contributed by atoms with Crippen LogP contribution < -0.4 is 0 Å². The molecule has 4 heteroatoms. The van der Waals surface area contributed by atoms with Crippen LogP contribution in [0.2, 0.25) is 0 Å². The Labute approximate surface area is 143 Å². The van der Waals surface area contributed by atoms with Crippen LogP contribution in [0, 0.1) is 29.1 Å². The maximum absolute atomic E-state index is 12.7. The van der Waals surface area contributed by atoms with Crippen LogP contribution in [0.25, 0.3) is 0 Å². The fraction of sp³-hybridized carbons (Fsp3) is 0.750. The topological polar surface area (TPSA) is 60.4 Å². The molecular weight excluding hydrogens is 304 g/mol. The van der Waals surface area contributed by atoms with Crippen molar-refractivity contribution < 1.29 is 19.1 Å². The molecule has 4 rings (SSSR count). The fourth-order valence-electron chi connectivity index (χ4n) is 6.31. The SMILES string of the molecule is CC(=O)O[C@H]1CC(=O)[C@@]2(C)CC[C@H]3[C@@H](CCC4=CC(=O)CC[C@@H]43)[C@H]12. The number of hydrogen-bond donors (Lipinski definition) is 0. The van der Waals surface area contributed by atoms with Crippen molar-refractivity contribution in [1.29, 1.82) is 0 Å². The summed E-state index contributed by atoms with van der Waals surface area (Å²) in [6.07, 6.45) is 7.59. The molecule has 3 fully saturated rings. The highest BCUT2D eigenvalue weighted by molar-refractivity contribution is 5.91. The second-order valence-corrected chi connectivity index (χ2v) is 8.45. The average molecular weight is 330 g/mol. The number of ketones is 2. The molecule has 6 atom stereocenters. The highest BCUT2D eigenvalue weighted by atomic mass is 16.5. The lowest BCUT2D eigenvalue weighted by molar-refractivity contribution is -0.154. The van der Waals surface area contributed by atoms with Crippen molar-refractivity contribution in [2.45, 2.75) is 64.9 Å². The number of ether oxygens (including phenoxy) is 1. The van der Waals surface area contributed by atoms with Crippen molar-refractivity contribution >= 4 is 17.5 Å². The molecule has 0 bridgehead atoms. The van der Waals surface area contributed by atoms with Crippen molar-refractivity contribution in [2.24, 2.45) is 29.1 Å². The molecule has 0 aromatic rings. The molecule has 0 amide bonds. The van der Waals surface area contributed by atoms with E-state index in [2.05, 4.69) is 6.92 Å². The third kappa shape index (κ3) is 2.29. The predicted molar refractivity (Wildman–Crippen MR) is 88.0 cm³/mol. The molecule has 0 heterocycles. The lowest BCUT2D eigenvalue weighted by Gasteiger charge is -2.52. The fourth-order valence-corrected chi connectivity index (χ4v) is 6.31. The number of rotatable bonds is 1. The van der Waals surface area contributed by atoms with Crippen molar-refractivity contribution in [1.82, 2.24) is 0 Å². The van der Waals surface area contributed by atoms with Gasteiger partial charge in [0.1, 0.15) is 11.9 Å². The number of hydrogen-bond acceptors (Lipinski definition) is 4. The summed E-state index contributed by atoms with van der Waals surface area (Å²) in [4.78, 5) is 36.0. The molecule has 4 aliphatic rings. The predicted octanol–water partition coefficient (Wildman–Crippen LogP) is 3.24. The van der Waals surface area contributed by atoms with Crippen LogP contribution in [0.15, 0.2) is 11.6 Å². The van der Waals surface area contributed by atoms with Crippen molar-refractivity contribution in [3.8, 4) is 0 Å². The van der Waals surface area contributed by atoms with E-state index in [0.717, 1.165) is 32.1 Å². The number of allylic oxidation sites excluding steroid dienone is 1. The first-order chi connectivity index (χ1) is 11.4. The monoisotopic (exact) mass is 330 g/mol. The third-order valence-corrected chi connectivity index (χ3v) is 7.29. The van der Waals surface area contributed by atoms with Gasteiger partial charge in [-0.25, -0.2) is 0 Å². The number of esters is 1. The smallest absolute Gasteiger partial charge is 0.302 e. The first kappa shape index (κ1) is 16.0. The number of fused-ring (bicyclic) bond motifs is 5. The quantitative estimate of drug-likeness (QED) is 0.693. The van der Waals surface area contributed by atoms with Crippen LogP contribution in [-0.4, -0.2) is 23.6 Å². The Kier molecular flexibility index (Phi) is 3.70. The molecular formula is C20H26O4. The summed E-state index contributed by atoms with van der Waals surface area (Å²) >= 11 is 0. The highest BCUT2D eigenvalue weighted by Crippen LogP contribution is 2.61. The zero-order valence-electron chi connectivity index (χ0n) is 14.5. The van der Waals surface area contributed by atoms with Crippen LogP contribution in [-0.2, 0) is 19.1 Å². The van der Waals surface area contributed by atoms with Crippen LogP contribution in [0.5, 0.6) is 0 Å². The van der Waals surface area contributed by atoms with Crippen LogP contribution >= 0.6 is 0 Å². The van der Waals surface area contributed by atoms with Gasteiger partial charge in [-0.1, -0.05) is 12.5 Å². The zero-order chi connectivity index (χ0) is 17.1. The van der Waals surface area contributed by atoms with E-state index in [-0.39, 0.29) is 35.0 Å². The summed E-state index contributed by atoms with van der Waals surface area (Å²) in [6.45, 7) is 3.53. The van der Waals surface area contributed by atoms with Gasteiger partial charge in [-0.3, -0.25) is 14.4 Å². The molecule has 0 aromatic carbocycles. The van der Waals surface area contributed by atoms with Gasteiger partial charge in [0.25, 0.3) is 0 Å². The Bertz CT molecular complexity index is 634. The molecule has 4 aliphatic carbocycles. The largest absolute Gasteiger partial charge is 0.462 e.